The van der Waals surface area contributed by atoms with E-state index in [-0.39, 0.29) is 5.75 Å². The molecule has 0 spiro atoms. The van der Waals surface area contributed by atoms with Crippen molar-refractivity contribution in [2.45, 2.75) is 38.4 Å². The van der Waals surface area contributed by atoms with E-state index in [4.69, 9.17) is 4.99 Å². The molecular formula is C18H29N3O2S. The fourth-order valence-corrected chi connectivity index (χ4v) is 4.23. The molecule has 1 N–H and O–H groups in total. The molecule has 1 aromatic rings. The highest BCUT2D eigenvalue weighted by Gasteiger charge is 2.40. The molecule has 0 aromatic heterocycles. The van der Waals surface area contributed by atoms with E-state index >= 15 is 0 Å². The monoisotopic (exact) mass is 351 g/mol. The Labute approximate surface area is 146 Å². The van der Waals surface area contributed by atoms with Crippen molar-refractivity contribution in [2.24, 2.45) is 4.99 Å². The van der Waals surface area contributed by atoms with Crippen LogP contribution in [-0.2, 0) is 16.3 Å². The minimum Gasteiger partial charge on any atom is -0.357 e. The van der Waals surface area contributed by atoms with E-state index in [1.807, 2.05) is 13.0 Å². The molecule has 1 fully saturated rings. The number of hydrogen-bond donors (Lipinski definition) is 1. The Kier molecular flexibility index (Phi) is 6.27. The largest absolute Gasteiger partial charge is 0.357 e. The zero-order valence-electron chi connectivity index (χ0n) is 15.0. The van der Waals surface area contributed by atoms with Gasteiger partial charge >= 0.3 is 0 Å². The number of nitrogens with zero attached hydrogens (tertiary/aromatic N) is 2. The fraction of sp³-hybridized carbons (Fsp3) is 0.611. The zero-order valence-corrected chi connectivity index (χ0v) is 15.8. The summed E-state index contributed by atoms with van der Waals surface area (Å²) < 4.78 is 23.6. The maximum atomic E-state index is 12.2. The molecule has 0 amide bonds. The number of sulfone groups is 1. The third-order valence-corrected chi connectivity index (χ3v) is 6.94. The van der Waals surface area contributed by atoms with Crippen molar-refractivity contribution < 1.29 is 8.42 Å². The number of aliphatic imine (C=N–C) groups is 1. The number of nitrogens with one attached hydrogen (secondary N) is 1. The first-order valence-corrected chi connectivity index (χ1v) is 10.3. The van der Waals surface area contributed by atoms with Gasteiger partial charge in [0.1, 0.15) is 0 Å². The molecule has 0 atom stereocenters. The van der Waals surface area contributed by atoms with Gasteiger partial charge in [0.25, 0.3) is 0 Å². The number of aryl methyl sites for hydroxylation is 1. The lowest BCUT2D eigenvalue weighted by Gasteiger charge is -2.39. The Morgan fingerprint density at radius 1 is 1.29 bits per heavy atom. The van der Waals surface area contributed by atoms with Gasteiger partial charge in [0.05, 0.1) is 10.5 Å². The lowest BCUT2D eigenvalue weighted by Crippen LogP contribution is -2.57. The summed E-state index contributed by atoms with van der Waals surface area (Å²) in [4.78, 5) is 6.78. The molecule has 1 aliphatic heterocycles. The molecule has 1 aliphatic rings. The van der Waals surface area contributed by atoms with Crippen LogP contribution < -0.4 is 5.32 Å². The van der Waals surface area contributed by atoms with Crippen LogP contribution in [-0.4, -0.2) is 56.0 Å². The van der Waals surface area contributed by atoms with Crippen LogP contribution in [0.25, 0.3) is 0 Å². The molecule has 1 aromatic carbocycles. The van der Waals surface area contributed by atoms with Gasteiger partial charge in [-0.1, -0.05) is 30.3 Å². The van der Waals surface area contributed by atoms with E-state index in [1.165, 1.54) is 5.56 Å². The molecule has 24 heavy (non-hydrogen) atoms. The molecule has 134 valence electrons. The first-order chi connectivity index (χ1) is 11.4. The van der Waals surface area contributed by atoms with Crippen LogP contribution in [0.5, 0.6) is 0 Å². The summed E-state index contributed by atoms with van der Waals surface area (Å²) in [5, 5.41) is 3.30. The van der Waals surface area contributed by atoms with Gasteiger partial charge in [-0.05, 0) is 39.2 Å². The van der Waals surface area contributed by atoms with Gasteiger partial charge in [0.2, 0.25) is 0 Å². The smallest absolute Gasteiger partial charge is 0.193 e. The Balaban J connectivity index is 1.96. The average Bonchev–Trinajstić information content (AvgIpc) is 2.54. The Bertz CT molecular complexity index is 654. The number of guanidine groups is 1. The van der Waals surface area contributed by atoms with Crippen LogP contribution in [0, 0.1) is 0 Å². The third-order valence-electron chi connectivity index (χ3n) is 4.41. The van der Waals surface area contributed by atoms with Crippen molar-refractivity contribution in [3.05, 3.63) is 35.9 Å². The summed E-state index contributed by atoms with van der Waals surface area (Å²) in [7, 11) is -3.03. The second-order valence-corrected chi connectivity index (χ2v) is 9.57. The van der Waals surface area contributed by atoms with Crippen molar-refractivity contribution in [3.63, 3.8) is 0 Å². The van der Waals surface area contributed by atoms with Gasteiger partial charge in [0.15, 0.2) is 15.8 Å². The molecule has 6 heteroatoms. The van der Waals surface area contributed by atoms with Crippen molar-refractivity contribution in [2.75, 3.05) is 31.9 Å². The van der Waals surface area contributed by atoms with Crippen LogP contribution in [0.1, 0.15) is 32.8 Å². The predicted octanol–water partition coefficient (Wildman–Crippen LogP) is 2.09. The molecule has 1 heterocycles. The minimum atomic E-state index is -3.03. The van der Waals surface area contributed by atoms with Crippen LogP contribution in [0.15, 0.2) is 35.3 Å². The quantitative estimate of drug-likeness (QED) is 0.501. The number of rotatable bonds is 5. The molecule has 0 unspecified atom stereocenters. The van der Waals surface area contributed by atoms with Gasteiger partial charge in [-0.15, -0.1) is 0 Å². The highest BCUT2D eigenvalue weighted by Crippen LogP contribution is 2.23. The van der Waals surface area contributed by atoms with Gasteiger partial charge in [-0.25, -0.2) is 8.42 Å². The lowest BCUT2D eigenvalue weighted by molar-refractivity contribution is 0.353. The highest BCUT2D eigenvalue weighted by molar-refractivity contribution is 7.92. The molecule has 0 aliphatic carbocycles. The van der Waals surface area contributed by atoms with Gasteiger partial charge in [0, 0.05) is 26.2 Å². The standard InChI is InChI=1S/C18H29N3O2S/c1-4-19-17(20-12-8-11-16-9-6-5-7-10-16)21-13-14-24(22,23)18(2,3)15-21/h5-7,9-10H,4,8,11-15H2,1-3H3,(H,19,20). The predicted molar refractivity (Wildman–Crippen MR) is 100 cm³/mol. The number of hydrogen-bond acceptors (Lipinski definition) is 3. The molecule has 5 nitrogen and oxygen atoms in total. The lowest BCUT2D eigenvalue weighted by atomic mass is 10.1. The fourth-order valence-electron chi connectivity index (χ4n) is 2.86. The van der Waals surface area contributed by atoms with Crippen LogP contribution >= 0.6 is 0 Å². The van der Waals surface area contributed by atoms with Crippen LogP contribution in [0.3, 0.4) is 0 Å². The average molecular weight is 352 g/mol. The summed E-state index contributed by atoms with van der Waals surface area (Å²) in [5.41, 5.74) is 1.32. The van der Waals surface area contributed by atoms with Crippen molar-refractivity contribution in [1.29, 1.82) is 0 Å². The second kappa shape index (κ2) is 8.01. The van der Waals surface area contributed by atoms with Gasteiger partial charge in [-0.3, -0.25) is 4.99 Å². The third kappa shape index (κ3) is 4.72. The molecule has 2 rings (SSSR count). The van der Waals surface area contributed by atoms with Crippen molar-refractivity contribution in [3.8, 4) is 0 Å². The van der Waals surface area contributed by atoms with E-state index in [9.17, 15) is 8.42 Å². The molecule has 1 saturated heterocycles. The molecule has 0 radical (unpaired) electrons. The summed E-state index contributed by atoms with van der Waals surface area (Å²) in [6.45, 7) is 8.14. The summed E-state index contributed by atoms with van der Waals surface area (Å²) in [6, 6.07) is 10.4. The minimum absolute atomic E-state index is 0.189. The van der Waals surface area contributed by atoms with Crippen molar-refractivity contribution >= 4 is 15.8 Å². The zero-order chi connectivity index (χ0) is 17.6. The Morgan fingerprint density at radius 2 is 2.00 bits per heavy atom. The Morgan fingerprint density at radius 3 is 2.62 bits per heavy atom. The summed E-state index contributed by atoms with van der Waals surface area (Å²) in [5.74, 6) is 1.02. The van der Waals surface area contributed by atoms with Crippen LogP contribution in [0.2, 0.25) is 0 Å². The SMILES string of the molecule is CCNC(=NCCCc1ccccc1)N1CCS(=O)(=O)C(C)(C)C1. The Hall–Kier alpha value is -1.56. The first-order valence-electron chi connectivity index (χ1n) is 8.65. The van der Waals surface area contributed by atoms with Crippen LogP contribution in [0.4, 0.5) is 0 Å². The molecule has 0 saturated carbocycles. The molecule has 0 bridgehead atoms. The molecular weight excluding hydrogens is 322 g/mol. The summed E-state index contributed by atoms with van der Waals surface area (Å²) >= 11 is 0. The van der Waals surface area contributed by atoms with Gasteiger partial charge in [-0.2, -0.15) is 0 Å². The van der Waals surface area contributed by atoms with E-state index in [0.717, 1.165) is 31.9 Å². The van der Waals surface area contributed by atoms with E-state index in [1.54, 1.807) is 13.8 Å². The number of benzene rings is 1. The van der Waals surface area contributed by atoms with E-state index in [2.05, 4.69) is 34.5 Å². The summed E-state index contributed by atoms with van der Waals surface area (Å²) in [6.07, 6.45) is 1.98. The van der Waals surface area contributed by atoms with E-state index < -0.39 is 14.6 Å². The normalized spacial score (nSPS) is 20.0. The highest BCUT2D eigenvalue weighted by atomic mass is 32.2. The van der Waals surface area contributed by atoms with Gasteiger partial charge < -0.3 is 10.2 Å². The maximum absolute atomic E-state index is 12.2. The first kappa shape index (κ1) is 18.8. The van der Waals surface area contributed by atoms with E-state index in [0.29, 0.717) is 13.1 Å². The van der Waals surface area contributed by atoms with Crippen molar-refractivity contribution in [1.82, 2.24) is 10.2 Å². The topological polar surface area (TPSA) is 61.8 Å². The second-order valence-electron chi connectivity index (χ2n) is 6.82. The maximum Gasteiger partial charge on any atom is 0.193 e.